The Kier molecular flexibility index (Phi) is 5.33. The van der Waals surface area contributed by atoms with Gasteiger partial charge >= 0.3 is 0 Å². The highest BCUT2D eigenvalue weighted by Crippen LogP contribution is 2.24. The van der Waals surface area contributed by atoms with Crippen LogP contribution in [0.15, 0.2) is 22.7 Å². The highest BCUT2D eigenvalue weighted by Gasteiger charge is 2.26. The fourth-order valence-electron chi connectivity index (χ4n) is 2.49. The number of hydrogen-bond acceptors (Lipinski definition) is 2. The molecule has 0 unspecified atom stereocenters. The molecule has 0 bridgehead atoms. The average Bonchev–Trinajstić information content (AvgIpc) is 2.45. The van der Waals surface area contributed by atoms with E-state index in [2.05, 4.69) is 21.2 Å². The Morgan fingerprint density at radius 3 is 2.62 bits per heavy atom. The first kappa shape index (κ1) is 15.9. The molecule has 2 amide bonds. The van der Waals surface area contributed by atoms with Gasteiger partial charge in [-0.2, -0.15) is 0 Å². The molecule has 0 spiro atoms. The second-order valence-electron chi connectivity index (χ2n) is 5.27. The van der Waals surface area contributed by atoms with E-state index < -0.39 is 5.82 Å². The second kappa shape index (κ2) is 7.02. The number of hydrogen-bond donors (Lipinski definition) is 1. The minimum Gasteiger partial charge on any atom is -0.356 e. The molecular weight excluding hydrogens is 339 g/mol. The van der Waals surface area contributed by atoms with Crippen molar-refractivity contribution in [2.75, 3.05) is 19.6 Å². The normalized spacial score (nSPS) is 15.9. The number of piperidine rings is 1. The van der Waals surface area contributed by atoms with Crippen molar-refractivity contribution in [1.29, 1.82) is 0 Å². The van der Waals surface area contributed by atoms with E-state index in [4.69, 9.17) is 0 Å². The lowest BCUT2D eigenvalue weighted by Crippen LogP contribution is -2.41. The number of rotatable bonds is 3. The zero-order valence-electron chi connectivity index (χ0n) is 11.9. The van der Waals surface area contributed by atoms with Crippen LogP contribution < -0.4 is 5.32 Å². The van der Waals surface area contributed by atoms with E-state index in [-0.39, 0.29) is 17.4 Å². The molecule has 0 aliphatic carbocycles. The third kappa shape index (κ3) is 4.03. The highest BCUT2D eigenvalue weighted by molar-refractivity contribution is 9.10. The number of nitrogens with zero attached hydrogens (tertiary/aromatic N) is 1. The van der Waals surface area contributed by atoms with Gasteiger partial charge in [-0.05, 0) is 46.8 Å². The molecule has 6 heteroatoms. The van der Waals surface area contributed by atoms with Gasteiger partial charge in [0.2, 0.25) is 5.91 Å². The Bertz CT molecular complexity index is 522. The lowest BCUT2D eigenvalue weighted by Gasteiger charge is -2.32. The second-order valence-corrected chi connectivity index (χ2v) is 6.12. The maximum absolute atomic E-state index is 13.8. The van der Waals surface area contributed by atoms with Crippen molar-refractivity contribution in [3.63, 3.8) is 0 Å². The first-order valence-electron chi connectivity index (χ1n) is 6.96. The number of carbonyl (C=O) groups excluding carboxylic acids is 2. The number of halogens is 2. The molecule has 0 radical (unpaired) electrons. The molecule has 114 valence electrons. The molecule has 1 N–H and O–H groups in total. The first-order chi connectivity index (χ1) is 9.99. The van der Waals surface area contributed by atoms with Crippen molar-refractivity contribution < 1.29 is 14.0 Å². The Labute approximate surface area is 131 Å². The topological polar surface area (TPSA) is 49.4 Å². The highest BCUT2D eigenvalue weighted by atomic mass is 79.9. The van der Waals surface area contributed by atoms with Gasteiger partial charge in [0.1, 0.15) is 5.82 Å². The van der Waals surface area contributed by atoms with Gasteiger partial charge < -0.3 is 10.2 Å². The Morgan fingerprint density at radius 2 is 2.05 bits per heavy atom. The standard InChI is InChI=1S/C15H18BrFN2O2/c1-10(20)18-9-11-5-7-19(8-6-11)15(21)14-12(16)3-2-4-13(14)17/h2-4,11H,5-9H2,1H3,(H,18,20). The van der Waals surface area contributed by atoms with Crippen molar-refractivity contribution in [2.45, 2.75) is 19.8 Å². The summed E-state index contributed by atoms with van der Waals surface area (Å²) in [7, 11) is 0. The van der Waals surface area contributed by atoms with E-state index >= 15 is 0 Å². The summed E-state index contributed by atoms with van der Waals surface area (Å²) in [5, 5.41) is 2.80. The summed E-state index contributed by atoms with van der Waals surface area (Å²) in [4.78, 5) is 25.0. The number of nitrogens with one attached hydrogen (secondary N) is 1. The van der Waals surface area contributed by atoms with Crippen LogP contribution in [0.1, 0.15) is 30.1 Å². The molecule has 1 aliphatic rings. The van der Waals surface area contributed by atoms with Gasteiger partial charge in [-0.3, -0.25) is 9.59 Å². The van der Waals surface area contributed by atoms with Gasteiger partial charge in [-0.25, -0.2) is 4.39 Å². The Balaban J connectivity index is 1.96. The third-order valence-corrected chi connectivity index (χ3v) is 4.38. The molecule has 1 aromatic carbocycles. The van der Waals surface area contributed by atoms with Crippen LogP contribution in [0.3, 0.4) is 0 Å². The van der Waals surface area contributed by atoms with Crippen LogP contribution in [0.5, 0.6) is 0 Å². The summed E-state index contributed by atoms with van der Waals surface area (Å²) in [6.07, 6.45) is 1.64. The van der Waals surface area contributed by atoms with Gasteiger partial charge in [0.05, 0.1) is 5.56 Å². The van der Waals surface area contributed by atoms with Crippen molar-refractivity contribution in [3.05, 3.63) is 34.1 Å². The van der Waals surface area contributed by atoms with Gasteiger partial charge in [-0.15, -0.1) is 0 Å². The molecule has 1 heterocycles. The zero-order chi connectivity index (χ0) is 15.4. The van der Waals surface area contributed by atoms with Gasteiger partial charge in [-0.1, -0.05) is 6.07 Å². The predicted molar refractivity (Wildman–Crippen MR) is 81.4 cm³/mol. The van der Waals surface area contributed by atoms with Crippen molar-refractivity contribution in [1.82, 2.24) is 10.2 Å². The molecule has 2 rings (SSSR count). The Morgan fingerprint density at radius 1 is 1.38 bits per heavy atom. The van der Waals surface area contributed by atoms with Crippen molar-refractivity contribution >= 4 is 27.7 Å². The quantitative estimate of drug-likeness (QED) is 0.904. The van der Waals surface area contributed by atoms with E-state index in [9.17, 15) is 14.0 Å². The van der Waals surface area contributed by atoms with Crippen LogP contribution in [-0.4, -0.2) is 36.3 Å². The molecule has 1 saturated heterocycles. The zero-order valence-corrected chi connectivity index (χ0v) is 13.5. The monoisotopic (exact) mass is 356 g/mol. The lowest BCUT2D eigenvalue weighted by atomic mass is 9.96. The minimum atomic E-state index is -0.505. The van der Waals surface area contributed by atoms with Gasteiger partial charge in [0, 0.05) is 31.0 Å². The molecule has 1 aromatic rings. The molecule has 21 heavy (non-hydrogen) atoms. The fourth-order valence-corrected chi connectivity index (χ4v) is 3.00. The van der Waals surface area contributed by atoms with Crippen LogP contribution >= 0.6 is 15.9 Å². The van der Waals surface area contributed by atoms with E-state index in [0.717, 1.165) is 12.8 Å². The summed E-state index contributed by atoms with van der Waals surface area (Å²) in [5.41, 5.74) is 0.0952. The number of likely N-dealkylation sites (tertiary alicyclic amines) is 1. The lowest BCUT2D eigenvalue weighted by molar-refractivity contribution is -0.119. The molecule has 0 atom stereocenters. The smallest absolute Gasteiger partial charge is 0.257 e. The van der Waals surface area contributed by atoms with Gasteiger partial charge in [0.15, 0.2) is 0 Å². The summed E-state index contributed by atoms with van der Waals surface area (Å²) in [6.45, 7) is 3.31. The van der Waals surface area contributed by atoms with E-state index in [1.807, 2.05) is 0 Å². The number of benzene rings is 1. The number of carbonyl (C=O) groups is 2. The van der Waals surface area contributed by atoms with Gasteiger partial charge in [0.25, 0.3) is 5.91 Å². The Hall–Kier alpha value is -1.43. The number of amides is 2. The third-order valence-electron chi connectivity index (χ3n) is 3.72. The average molecular weight is 357 g/mol. The van der Waals surface area contributed by atoms with Crippen LogP contribution in [0.25, 0.3) is 0 Å². The molecule has 0 saturated carbocycles. The van der Waals surface area contributed by atoms with Crippen LogP contribution in [0, 0.1) is 11.7 Å². The molecule has 0 aromatic heterocycles. The summed E-state index contributed by atoms with van der Waals surface area (Å²) in [5.74, 6) is -0.446. The maximum atomic E-state index is 13.8. The fraction of sp³-hybridized carbons (Fsp3) is 0.467. The summed E-state index contributed by atoms with van der Waals surface area (Å²) in [6, 6.07) is 4.53. The largest absolute Gasteiger partial charge is 0.356 e. The molecular formula is C15H18BrFN2O2. The molecule has 4 nitrogen and oxygen atoms in total. The first-order valence-corrected chi connectivity index (χ1v) is 7.76. The maximum Gasteiger partial charge on any atom is 0.257 e. The summed E-state index contributed by atoms with van der Waals surface area (Å²) >= 11 is 3.23. The molecule has 1 aliphatic heterocycles. The summed E-state index contributed by atoms with van der Waals surface area (Å²) < 4.78 is 14.3. The van der Waals surface area contributed by atoms with Crippen LogP contribution in [-0.2, 0) is 4.79 Å². The van der Waals surface area contributed by atoms with Crippen molar-refractivity contribution in [2.24, 2.45) is 5.92 Å². The molecule has 1 fully saturated rings. The van der Waals surface area contributed by atoms with E-state index in [1.54, 1.807) is 17.0 Å². The van der Waals surface area contributed by atoms with Crippen LogP contribution in [0.4, 0.5) is 4.39 Å². The minimum absolute atomic E-state index is 0.0382. The SMILES string of the molecule is CC(=O)NCC1CCN(C(=O)c2c(F)cccc2Br)CC1. The van der Waals surface area contributed by atoms with Crippen molar-refractivity contribution in [3.8, 4) is 0 Å². The van der Waals surface area contributed by atoms with E-state index in [0.29, 0.717) is 30.0 Å². The van der Waals surface area contributed by atoms with E-state index in [1.165, 1.54) is 13.0 Å². The van der Waals surface area contributed by atoms with Crippen LogP contribution in [0.2, 0.25) is 0 Å². The predicted octanol–water partition coefficient (Wildman–Crippen LogP) is 2.58.